The van der Waals surface area contributed by atoms with Gasteiger partial charge in [0, 0.05) is 11.5 Å². The minimum atomic E-state index is -0.146. The van der Waals surface area contributed by atoms with Crippen LogP contribution in [0, 0.1) is 5.92 Å². The lowest BCUT2D eigenvalue weighted by Crippen LogP contribution is -2.19. The molecule has 1 saturated carbocycles. The summed E-state index contributed by atoms with van der Waals surface area (Å²) in [5, 5.41) is 9.95. The summed E-state index contributed by atoms with van der Waals surface area (Å²) in [6.07, 6.45) is 5.63. The Morgan fingerprint density at radius 1 is 1.16 bits per heavy atom. The highest BCUT2D eigenvalue weighted by Gasteiger charge is 2.25. The zero-order valence-electron chi connectivity index (χ0n) is 12.2. The second kappa shape index (κ2) is 5.36. The highest BCUT2D eigenvalue weighted by Crippen LogP contribution is 2.33. The van der Waals surface area contributed by atoms with Crippen molar-refractivity contribution in [3.05, 3.63) is 29.3 Å². The fourth-order valence-electron chi connectivity index (χ4n) is 2.89. The first-order valence-electron chi connectivity index (χ1n) is 7.27. The largest absolute Gasteiger partial charge is 0.508 e. The molecule has 0 aliphatic heterocycles. The van der Waals surface area contributed by atoms with Gasteiger partial charge in [0.25, 0.3) is 0 Å². The van der Waals surface area contributed by atoms with Gasteiger partial charge in [0.15, 0.2) is 5.78 Å². The number of benzene rings is 1. The molecule has 1 fully saturated rings. The Bertz CT molecular complexity index is 463. The maximum atomic E-state index is 12.5. The van der Waals surface area contributed by atoms with E-state index in [-0.39, 0.29) is 22.9 Å². The SMILES string of the molecule is CC(C)(C)c1cc(C(=O)C2CCCCC2)ccc1O. The van der Waals surface area contributed by atoms with Crippen molar-refractivity contribution in [2.24, 2.45) is 5.92 Å². The van der Waals surface area contributed by atoms with Gasteiger partial charge < -0.3 is 5.11 Å². The molecule has 0 atom stereocenters. The molecule has 1 aromatic carbocycles. The minimum absolute atomic E-state index is 0.146. The first-order valence-corrected chi connectivity index (χ1v) is 7.27. The minimum Gasteiger partial charge on any atom is -0.508 e. The van der Waals surface area contributed by atoms with E-state index in [9.17, 15) is 9.90 Å². The van der Waals surface area contributed by atoms with Crippen LogP contribution >= 0.6 is 0 Å². The molecule has 1 aliphatic carbocycles. The molecule has 19 heavy (non-hydrogen) atoms. The van der Waals surface area contributed by atoms with Gasteiger partial charge in [0.05, 0.1) is 0 Å². The van der Waals surface area contributed by atoms with Crippen molar-refractivity contribution >= 4 is 5.78 Å². The second-order valence-corrected chi connectivity index (χ2v) is 6.68. The topological polar surface area (TPSA) is 37.3 Å². The lowest BCUT2D eigenvalue weighted by molar-refractivity contribution is 0.0889. The number of carbonyl (C=O) groups excluding carboxylic acids is 1. The zero-order valence-corrected chi connectivity index (χ0v) is 12.2. The maximum Gasteiger partial charge on any atom is 0.165 e. The van der Waals surface area contributed by atoms with Crippen molar-refractivity contribution in [2.45, 2.75) is 58.3 Å². The molecule has 0 aromatic heterocycles. The molecule has 1 aromatic rings. The van der Waals surface area contributed by atoms with Crippen LogP contribution in [0.1, 0.15) is 68.8 Å². The van der Waals surface area contributed by atoms with Gasteiger partial charge in [-0.25, -0.2) is 0 Å². The van der Waals surface area contributed by atoms with Crippen LogP contribution in [0.15, 0.2) is 18.2 Å². The van der Waals surface area contributed by atoms with E-state index < -0.39 is 0 Å². The van der Waals surface area contributed by atoms with Crippen molar-refractivity contribution in [1.29, 1.82) is 0 Å². The third-order valence-electron chi connectivity index (χ3n) is 4.07. The van der Waals surface area contributed by atoms with Gasteiger partial charge in [0.2, 0.25) is 0 Å². The van der Waals surface area contributed by atoms with Crippen LogP contribution < -0.4 is 0 Å². The third-order valence-corrected chi connectivity index (χ3v) is 4.07. The summed E-state index contributed by atoms with van der Waals surface area (Å²) < 4.78 is 0. The van der Waals surface area contributed by atoms with E-state index in [1.54, 1.807) is 12.1 Å². The van der Waals surface area contributed by atoms with E-state index in [1.807, 2.05) is 6.07 Å². The lowest BCUT2D eigenvalue weighted by Gasteiger charge is -2.23. The van der Waals surface area contributed by atoms with E-state index >= 15 is 0 Å². The molecule has 2 heteroatoms. The Morgan fingerprint density at radius 3 is 2.37 bits per heavy atom. The van der Waals surface area contributed by atoms with Crippen LogP contribution in [-0.4, -0.2) is 10.9 Å². The number of aromatic hydroxyl groups is 1. The number of phenols is 1. The highest BCUT2D eigenvalue weighted by molar-refractivity contribution is 5.98. The van der Waals surface area contributed by atoms with Crippen molar-refractivity contribution in [3.63, 3.8) is 0 Å². The van der Waals surface area contributed by atoms with Crippen LogP contribution in [-0.2, 0) is 5.41 Å². The van der Waals surface area contributed by atoms with Crippen LogP contribution in [0.5, 0.6) is 5.75 Å². The first-order chi connectivity index (χ1) is 8.89. The van der Waals surface area contributed by atoms with Crippen molar-refractivity contribution in [1.82, 2.24) is 0 Å². The third kappa shape index (κ3) is 3.17. The molecule has 0 heterocycles. The van der Waals surface area contributed by atoms with Gasteiger partial charge in [-0.2, -0.15) is 0 Å². The van der Waals surface area contributed by atoms with Crippen LogP contribution in [0.4, 0.5) is 0 Å². The standard InChI is InChI=1S/C17H24O2/c1-17(2,3)14-11-13(9-10-15(14)18)16(19)12-7-5-4-6-8-12/h9-12,18H,4-8H2,1-3H3. The van der Waals surface area contributed by atoms with E-state index in [4.69, 9.17) is 0 Å². The summed E-state index contributed by atoms with van der Waals surface area (Å²) in [6.45, 7) is 6.16. The Kier molecular flexibility index (Phi) is 3.98. The van der Waals surface area contributed by atoms with Gasteiger partial charge in [-0.3, -0.25) is 4.79 Å². The Hall–Kier alpha value is -1.31. The van der Waals surface area contributed by atoms with Crippen molar-refractivity contribution in [2.75, 3.05) is 0 Å². The fraction of sp³-hybridized carbons (Fsp3) is 0.588. The van der Waals surface area contributed by atoms with Gasteiger partial charge in [-0.15, -0.1) is 0 Å². The quantitative estimate of drug-likeness (QED) is 0.797. The second-order valence-electron chi connectivity index (χ2n) is 6.68. The van der Waals surface area contributed by atoms with Crippen molar-refractivity contribution in [3.8, 4) is 5.75 Å². The molecule has 2 rings (SSSR count). The van der Waals surface area contributed by atoms with Gasteiger partial charge in [0.1, 0.15) is 5.75 Å². The molecule has 0 spiro atoms. The summed E-state index contributed by atoms with van der Waals surface area (Å²) in [5.74, 6) is 0.726. The van der Waals surface area contributed by atoms with E-state index in [2.05, 4.69) is 20.8 Å². The monoisotopic (exact) mass is 260 g/mol. The average Bonchev–Trinajstić information content (AvgIpc) is 2.38. The summed E-state index contributed by atoms with van der Waals surface area (Å²) in [4.78, 5) is 12.5. The van der Waals surface area contributed by atoms with Crippen LogP contribution in [0.3, 0.4) is 0 Å². The highest BCUT2D eigenvalue weighted by atomic mass is 16.3. The Balaban J connectivity index is 2.27. The smallest absolute Gasteiger partial charge is 0.165 e. The molecule has 1 N–H and O–H groups in total. The Morgan fingerprint density at radius 2 is 1.79 bits per heavy atom. The molecule has 0 bridgehead atoms. The number of ketones is 1. The molecule has 0 radical (unpaired) electrons. The molecule has 0 unspecified atom stereocenters. The maximum absolute atomic E-state index is 12.5. The fourth-order valence-corrected chi connectivity index (χ4v) is 2.89. The predicted octanol–water partition coefficient (Wildman–Crippen LogP) is 4.45. The lowest BCUT2D eigenvalue weighted by atomic mass is 9.81. The normalized spacial score (nSPS) is 17.4. The van der Waals surface area contributed by atoms with Gasteiger partial charge >= 0.3 is 0 Å². The van der Waals surface area contributed by atoms with Gasteiger partial charge in [-0.1, -0.05) is 40.0 Å². The first kappa shape index (κ1) is 14.1. The predicted molar refractivity (Wildman–Crippen MR) is 77.7 cm³/mol. The number of phenolic OH excluding ortho intramolecular Hbond substituents is 1. The molecule has 0 saturated heterocycles. The number of Topliss-reactive ketones (excluding diaryl/α,β-unsaturated/α-hetero) is 1. The number of hydrogen-bond acceptors (Lipinski definition) is 2. The van der Waals surface area contributed by atoms with E-state index in [1.165, 1.54) is 19.3 Å². The summed E-state index contributed by atoms with van der Waals surface area (Å²) in [6, 6.07) is 5.31. The van der Waals surface area contributed by atoms with Crippen LogP contribution in [0.25, 0.3) is 0 Å². The summed E-state index contributed by atoms with van der Waals surface area (Å²) >= 11 is 0. The number of carbonyl (C=O) groups is 1. The molecule has 0 amide bonds. The molecular weight excluding hydrogens is 236 g/mol. The molecule has 104 valence electrons. The van der Waals surface area contributed by atoms with Crippen LogP contribution in [0.2, 0.25) is 0 Å². The molecule has 1 aliphatic rings. The Labute approximate surface area is 115 Å². The number of rotatable bonds is 2. The van der Waals surface area contributed by atoms with Crippen molar-refractivity contribution < 1.29 is 9.90 Å². The zero-order chi connectivity index (χ0) is 14.0. The molecule has 2 nitrogen and oxygen atoms in total. The summed E-state index contributed by atoms with van der Waals surface area (Å²) in [5.41, 5.74) is 1.47. The van der Waals surface area contributed by atoms with E-state index in [0.717, 1.165) is 24.0 Å². The summed E-state index contributed by atoms with van der Waals surface area (Å²) in [7, 11) is 0. The average molecular weight is 260 g/mol. The molecular formula is C17H24O2. The van der Waals surface area contributed by atoms with E-state index in [0.29, 0.717) is 0 Å². The van der Waals surface area contributed by atoms with Gasteiger partial charge in [-0.05, 0) is 42.0 Å². The number of hydrogen-bond donors (Lipinski definition) is 1.